The molecule has 2 N–H and O–H groups in total. The van der Waals surface area contributed by atoms with E-state index in [-0.39, 0.29) is 0 Å². The van der Waals surface area contributed by atoms with Crippen LogP contribution in [0.4, 0.5) is 0 Å². The highest BCUT2D eigenvalue weighted by atomic mass is 32.1. The number of nitrogens with two attached hydrogens (primary N) is 1. The quantitative estimate of drug-likeness (QED) is 0.905. The van der Waals surface area contributed by atoms with Crippen molar-refractivity contribution in [2.24, 2.45) is 5.73 Å². The fourth-order valence-corrected chi connectivity index (χ4v) is 2.41. The second kappa shape index (κ2) is 4.55. The first-order valence-corrected chi connectivity index (χ1v) is 5.85. The van der Waals surface area contributed by atoms with Crippen molar-refractivity contribution in [3.05, 3.63) is 34.8 Å². The van der Waals surface area contributed by atoms with E-state index < -0.39 is 5.91 Å². The number of aromatic nitrogens is 1. The second-order valence-electron chi connectivity index (χ2n) is 3.53. The number of hydrogen-bond donors (Lipinski definition) is 1. The maximum absolute atomic E-state index is 11.1. The number of carbonyl (C=O) groups excluding carboxylic acids is 1. The largest absolute Gasteiger partial charge is 0.497 e. The Hall–Kier alpha value is -1.88. The lowest BCUT2D eigenvalue weighted by molar-refractivity contribution is 0.100. The minimum Gasteiger partial charge on any atom is -0.497 e. The molecule has 2 rings (SSSR count). The molecule has 5 heteroatoms. The van der Waals surface area contributed by atoms with Crippen LogP contribution in [0.25, 0.3) is 10.6 Å². The Labute approximate surface area is 103 Å². The third-order valence-corrected chi connectivity index (χ3v) is 3.58. The molecular formula is C12H12N2O2S. The number of primary amides is 1. The number of aryl methyl sites for hydroxylation is 1. The van der Waals surface area contributed by atoms with Crippen LogP contribution in [0.2, 0.25) is 0 Å². The first kappa shape index (κ1) is 11.6. The number of amides is 1. The summed E-state index contributed by atoms with van der Waals surface area (Å²) < 4.78 is 5.08. The summed E-state index contributed by atoms with van der Waals surface area (Å²) in [6.07, 6.45) is 0. The maximum Gasteiger partial charge on any atom is 0.260 e. The molecule has 0 atom stereocenters. The fraction of sp³-hybridized carbons (Fsp3) is 0.167. The van der Waals surface area contributed by atoms with Gasteiger partial charge in [-0.25, -0.2) is 4.98 Å². The number of benzene rings is 1. The molecule has 1 heterocycles. The van der Waals surface area contributed by atoms with Gasteiger partial charge in [-0.2, -0.15) is 0 Å². The minimum absolute atomic E-state index is 0.431. The van der Waals surface area contributed by atoms with Crippen molar-refractivity contribution >= 4 is 17.2 Å². The smallest absolute Gasteiger partial charge is 0.260 e. The molecular weight excluding hydrogens is 236 g/mol. The normalized spacial score (nSPS) is 10.2. The summed E-state index contributed by atoms with van der Waals surface area (Å²) in [4.78, 5) is 16.0. The summed E-state index contributed by atoms with van der Waals surface area (Å²) in [5, 5.41) is 0.791. The summed E-state index contributed by atoms with van der Waals surface area (Å²) in [6.45, 7) is 1.78. The summed E-state index contributed by atoms with van der Waals surface area (Å²) >= 11 is 1.31. The number of ether oxygens (including phenoxy) is 1. The number of thiazole rings is 1. The van der Waals surface area contributed by atoms with Gasteiger partial charge in [-0.1, -0.05) is 0 Å². The first-order chi connectivity index (χ1) is 8.11. The van der Waals surface area contributed by atoms with Gasteiger partial charge in [0, 0.05) is 5.56 Å². The lowest BCUT2D eigenvalue weighted by Crippen LogP contribution is -2.09. The van der Waals surface area contributed by atoms with Gasteiger partial charge in [0.1, 0.15) is 15.6 Å². The molecule has 88 valence electrons. The highest BCUT2D eigenvalue weighted by Crippen LogP contribution is 2.28. The number of rotatable bonds is 3. The van der Waals surface area contributed by atoms with E-state index in [1.54, 1.807) is 14.0 Å². The summed E-state index contributed by atoms with van der Waals surface area (Å²) in [5.41, 5.74) is 6.89. The van der Waals surface area contributed by atoms with Crippen LogP contribution in [0.1, 0.15) is 15.4 Å². The Kier molecular flexibility index (Phi) is 3.10. The summed E-state index contributed by atoms with van der Waals surface area (Å²) in [7, 11) is 1.62. The van der Waals surface area contributed by atoms with Crippen LogP contribution in [0, 0.1) is 6.92 Å². The predicted octanol–water partition coefficient (Wildman–Crippen LogP) is 2.23. The van der Waals surface area contributed by atoms with Crippen molar-refractivity contribution in [1.82, 2.24) is 4.98 Å². The summed E-state index contributed by atoms with van der Waals surface area (Å²) in [6, 6.07) is 7.52. The number of carbonyl (C=O) groups is 1. The van der Waals surface area contributed by atoms with E-state index in [1.165, 1.54) is 11.3 Å². The van der Waals surface area contributed by atoms with Gasteiger partial charge in [-0.15, -0.1) is 11.3 Å². The lowest BCUT2D eigenvalue weighted by Gasteiger charge is -1.99. The van der Waals surface area contributed by atoms with Crippen molar-refractivity contribution in [3.8, 4) is 16.3 Å². The molecule has 17 heavy (non-hydrogen) atoms. The Balaban J connectivity index is 2.39. The number of hydrogen-bond acceptors (Lipinski definition) is 4. The fourth-order valence-electron chi connectivity index (χ4n) is 1.48. The predicted molar refractivity (Wildman–Crippen MR) is 67.4 cm³/mol. The van der Waals surface area contributed by atoms with Crippen LogP contribution in [0.5, 0.6) is 5.75 Å². The Morgan fingerprint density at radius 1 is 1.35 bits per heavy atom. The van der Waals surface area contributed by atoms with Crippen LogP contribution < -0.4 is 10.5 Å². The molecule has 0 unspecified atom stereocenters. The Bertz CT molecular complexity index is 546. The molecule has 0 aliphatic carbocycles. The van der Waals surface area contributed by atoms with E-state index >= 15 is 0 Å². The summed E-state index contributed by atoms with van der Waals surface area (Å²) in [5.74, 6) is 0.358. The van der Waals surface area contributed by atoms with Crippen LogP contribution in [-0.2, 0) is 0 Å². The minimum atomic E-state index is -0.431. The molecule has 0 radical (unpaired) electrons. The van der Waals surface area contributed by atoms with E-state index in [2.05, 4.69) is 4.98 Å². The van der Waals surface area contributed by atoms with E-state index in [9.17, 15) is 4.79 Å². The van der Waals surface area contributed by atoms with Gasteiger partial charge in [0.2, 0.25) is 0 Å². The van der Waals surface area contributed by atoms with E-state index in [4.69, 9.17) is 10.5 Å². The first-order valence-electron chi connectivity index (χ1n) is 5.03. The molecule has 0 fully saturated rings. The van der Waals surface area contributed by atoms with Crippen molar-refractivity contribution in [3.63, 3.8) is 0 Å². The molecule has 0 saturated heterocycles. The van der Waals surface area contributed by atoms with Crippen molar-refractivity contribution < 1.29 is 9.53 Å². The molecule has 1 amide bonds. The zero-order valence-corrected chi connectivity index (χ0v) is 10.4. The lowest BCUT2D eigenvalue weighted by atomic mass is 10.2. The third-order valence-electron chi connectivity index (χ3n) is 2.36. The van der Waals surface area contributed by atoms with Crippen LogP contribution in [0.3, 0.4) is 0 Å². The molecule has 4 nitrogen and oxygen atoms in total. The van der Waals surface area contributed by atoms with Gasteiger partial charge in [0.15, 0.2) is 0 Å². The zero-order valence-electron chi connectivity index (χ0n) is 9.56. The maximum atomic E-state index is 11.1. The average Bonchev–Trinajstić information content (AvgIpc) is 2.71. The molecule has 0 bridgehead atoms. The highest BCUT2D eigenvalue weighted by Gasteiger charge is 2.13. The van der Waals surface area contributed by atoms with Gasteiger partial charge in [-0.3, -0.25) is 4.79 Å². The molecule has 0 aliphatic heterocycles. The molecule has 2 aromatic rings. The second-order valence-corrected chi connectivity index (χ2v) is 4.53. The number of nitrogens with zero attached hydrogens (tertiary/aromatic N) is 1. The number of methoxy groups -OCH3 is 1. The van der Waals surface area contributed by atoms with E-state index in [0.717, 1.165) is 16.3 Å². The van der Waals surface area contributed by atoms with E-state index in [1.807, 2.05) is 24.3 Å². The molecule has 1 aromatic carbocycles. The van der Waals surface area contributed by atoms with Crippen molar-refractivity contribution in [2.45, 2.75) is 6.92 Å². The van der Waals surface area contributed by atoms with Crippen molar-refractivity contribution in [2.75, 3.05) is 7.11 Å². The van der Waals surface area contributed by atoms with Crippen molar-refractivity contribution in [1.29, 1.82) is 0 Å². The molecule has 0 aliphatic rings. The third kappa shape index (κ3) is 2.29. The Morgan fingerprint density at radius 2 is 2.00 bits per heavy atom. The molecule has 0 spiro atoms. The van der Waals surface area contributed by atoms with Gasteiger partial charge >= 0.3 is 0 Å². The van der Waals surface area contributed by atoms with Gasteiger partial charge in [0.05, 0.1) is 12.8 Å². The zero-order chi connectivity index (χ0) is 12.4. The van der Waals surface area contributed by atoms with Crippen LogP contribution in [0.15, 0.2) is 24.3 Å². The monoisotopic (exact) mass is 248 g/mol. The van der Waals surface area contributed by atoms with Crippen LogP contribution >= 0.6 is 11.3 Å². The standard InChI is InChI=1S/C12H12N2O2S/c1-7-10(11(13)15)17-12(14-7)8-3-5-9(16-2)6-4-8/h3-6H,1-2H3,(H2,13,15). The highest BCUT2D eigenvalue weighted by molar-refractivity contribution is 7.17. The van der Waals surface area contributed by atoms with Gasteiger partial charge in [0.25, 0.3) is 5.91 Å². The van der Waals surface area contributed by atoms with Gasteiger partial charge in [-0.05, 0) is 31.2 Å². The Morgan fingerprint density at radius 3 is 2.47 bits per heavy atom. The SMILES string of the molecule is COc1ccc(-c2nc(C)c(C(N)=O)s2)cc1. The van der Waals surface area contributed by atoms with Crippen LogP contribution in [-0.4, -0.2) is 18.0 Å². The van der Waals surface area contributed by atoms with E-state index in [0.29, 0.717) is 10.6 Å². The molecule has 1 aromatic heterocycles. The topological polar surface area (TPSA) is 65.2 Å². The van der Waals surface area contributed by atoms with Gasteiger partial charge < -0.3 is 10.5 Å². The molecule has 0 saturated carbocycles. The average molecular weight is 248 g/mol.